The van der Waals surface area contributed by atoms with Crippen molar-refractivity contribution in [3.63, 3.8) is 0 Å². The van der Waals surface area contributed by atoms with Crippen LogP contribution < -0.4 is 5.73 Å². The Morgan fingerprint density at radius 2 is 1.70 bits per heavy atom. The molecular formula is C17H27Cl2N3O. The molecule has 1 saturated heterocycles. The molecule has 1 unspecified atom stereocenters. The van der Waals surface area contributed by atoms with Crippen molar-refractivity contribution in [3.8, 4) is 0 Å². The Morgan fingerprint density at radius 1 is 1.13 bits per heavy atom. The third-order valence-electron chi connectivity index (χ3n) is 4.69. The molecule has 1 atom stereocenters. The Bertz CT molecular complexity index is 498. The van der Waals surface area contributed by atoms with Crippen LogP contribution in [-0.2, 0) is 10.3 Å². The summed E-state index contributed by atoms with van der Waals surface area (Å²) in [7, 11) is 0. The molecule has 1 aliphatic heterocycles. The summed E-state index contributed by atoms with van der Waals surface area (Å²) in [6.07, 6.45) is 2.77. The van der Waals surface area contributed by atoms with E-state index in [1.807, 2.05) is 42.2 Å². The quantitative estimate of drug-likeness (QED) is 0.896. The van der Waals surface area contributed by atoms with Crippen molar-refractivity contribution in [1.29, 1.82) is 0 Å². The highest BCUT2D eigenvalue weighted by molar-refractivity contribution is 5.87. The minimum atomic E-state index is -0.931. The molecule has 1 aliphatic carbocycles. The van der Waals surface area contributed by atoms with Gasteiger partial charge in [-0.15, -0.1) is 24.8 Å². The molecular weight excluding hydrogens is 333 g/mol. The molecule has 2 N–H and O–H groups in total. The van der Waals surface area contributed by atoms with E-state index in [4.69, 9.17) is 5.73 Å². The van der Waals surface area contributed by atoms with Crippen molar-refractivity contribution in [3.05, 3.63) is 35.9 Å². The van der Waals surface area contributed by atoms with Crippen LogP contribution in [0.25, 0.3) is 0 Å². The lowest BCUT2D eigenvalue weighted by Gasteiger charge is -2.38. The fourth-order valence-corrected chi connectivity index (χ4v) is 3.04. The predicted molar refractivity (Wildman–Crippen MR) is 98.2 cm³/mol. The maximum atomic E-state index is 12.7. The van der Waals surface area contributed by atoms with Crippen LogP contribution in [0.5, 0.6) is 0 Å². The molecule has 0 spiro atoms. The topological polar surface area (TPSA) is 49.6 Å². The van der Waals surface area contributed by atoms with E-state index >= 15 is 0 Å². The zero-order chi connectivity index (χ0) is 14.9. The van der Waals surface area contributed by atoms with Crippen LogP contribution in [0.15, 0.2) is 30.3 Å². The third-order valence-corrected chi connectivity index (χ3v) is 4.69. The Balaban J connectivity index is 0.00000132. The molecule has 130 valence electrons. The molecule has 23 heavy (non-hydrogen) atoms. The Labute approximate surface area is 151 Å². The average molecular weight is 360 g/mol. The van der Waals surface area contributed by atoms with Crippen molar-refractivity contribution in [2.75, 3.05) is 32.7 Å². The van der Waals surface area contributed by atoms with E-state index in [2.05, 4.69) is 4.90 Å². The normalized spacial score (nSPS) is 20.9. The number of amides is 1. The van der Waals surface area contributed by atoms with E-state index in [0.717, 1.165) is 37.7 Å². The van der Waals surface area contributed by atoms with Crippen molar-refractivity contribution < 1.29 is 4.79 Å². The molecule has 1 saturated carbocycles. The molecule has 1 aromatic rings. The lowest BCUT2D eigenvalue weighted by Crippen LogP contribution is -2.56. The summed E-state index contributed by atoms with van der Waals surface area (Å²) in [5.41, 5.74) is 6.29. The van der Waals surface area contributed by atoms with Gasteiger partial charge in [-0.3, -0.25) is 9.69 Å². The second-order valence-corrected chi connectivity index (χ2v) is 6.60. The van der Waals surface area contributed by atoms with Gasteiger partial charge in [0.2, 0.25) is 5.91 Å². The average Bonchev–Trinajstić information content (AvgIpc) is 3.32. The van der Waals surface area contributed by atoms with Crippen LogP contribution >= 0.6 is 24.8 Å². The first-order valence-corrected chi connectivity index (χ1v) is 7.93. The Hall–Kier alpha value is -0.810. The first-order valence-electron chi connectivity index (χ1n) is 7.93. The van der Waals surface area contributed by atoms with Crippen molar-refractivity contribution in [2.45, 2.75) is 25.3 Å². The van der Waals surface area contributed by atoms with Crippen LogP contribution in [0.3, 0.4) is 0 Å². The van der Waals surface area contributed by atoms with Gasteiger partial charge in [0.25, 0.3) is 0 Å². The second-order valence-electron chi connectivity index (χ2n) is 6.60. The number of carbonyl (C=O) groups excluding carboxylic acids is 1. The molecule has 2 aliphatic rings. The fraction of sp³-hybridized carbons (Fsp3) is 0.588. The first kappa shape index (κ1) is 20.2. The Morgan fingerprint density at radius 3 is 2.22 bits per heavy atom. The van der Waals surface area contributed by atoms with Gasteiger partial charge in [0.15, 0.2) is 0 Å². The smallest absolute Gasteiger partial charge is 0.247 e. The highest BCUT2D eigenvalue weighted by atomic mass is 35.5. The van der Waals surface area contributed by atoms with E-state index in [9.17, 15) is 4.79 Å². The molecule has 6 heteroatoms. The zero-order valence-electron chi connectivity index (χ0n) is 13.6. The molecule has 1 heterocycles. The van der Waals surface area contributed by atoms with E-state index in [1.54, 1.807) is 0 Å². The number of rotatable bonds is 4. The number of carbonyl (C=O) groups is 1. The first-order chi connectivity index (χ1) is 10.1. The highest BCUT2D eigenvalue weighted by Gasteiger charge is 2.36. The third kappa shape index (κ3) is 4.83. The minimum absolute atomic E-state index is 0. The monoisotopic (exact) mass is 359 g/mol. The molecule has 0 aromatic heterocycles. The van der Waals surface area contributed by atoms with Crippen LogP contribution in [0.1, 0.15) is 25.3 Å². The van der Waals surface area contributed by atoms with Gasteiger partial charge in [0.1, 0.15) is 5.54 Å². The summed E-state index contributed by atoms with van der Waals surface area (Å²) in [4.78, 5) is 17.2. The standard InChI is InChI=1S/C17H25N3O.2ClH/c1-17(18,15-5-3-2-4-6-15)16(21)20-11-9-19(10-12-20)13-14-7-8-14;;/h2-6,14H,7-13,18H2,1H3;2*1H. The summed E-state index contributed by atoms with van der Waals surface area (Å²) in [6.45, 7) is 6.58. The van der Waals surface area contributed by atoms with E-state index < -0.39 is 5.54 Å². The van der Waals surface area contributed by atoms with E-state index in [-0.39, 0.29) is 30.7 Å². The number of hydrogen-bond acceptors (Lipinski definition) is 3. The van der Waals surface area contributed by atoms with Crippen molar-refractivity contribution in [2.24, 2.45) is 11.7 Å². The summed E-state index contributed by atoms with van der Waals surface area (Å²) >= 11 is 0. The van der Waals surface area contributed by atoms with Gasteiger partial charge in [-0.05, 0) is 31.2 Å². The van der Waals surface area contributed by atoms with Crippen LogP contribution in [-0.4, -0.2) is 48.4 Å². The van der Waals surface area contributed by atoms with Crippen molar-refractivity contribution in [1.82, 2.24) is 9.80 Å². The van der Waals surface area contributed by atoms with Gasteiger partial charge >= 0.3 is 0 Å². The maximum Gasteiger partial charge on any atom is 0.247 e. The summed E-state index contributed by atoms with van der Waals surface area (Å²) in [5, 5.41) is 0. The van der Waals surface area contributed by atoms with Crippen LogP contribution in [0.4, 0.5) is 0 Å². The van der Waals surface area contributed by atoms with E-state index in [0.29, 0.717) is 0 Å². The van der Waals surface area contributed by atoms with Gasteiger partial charge in [0, 0.05) is 32.7 Å². The molecule has 0 radical (unpaired) electrons. The van der Waals surface area contributed by atoms with Gasteiger partial charge < -0.3 is 10.6 Å². The summed E-state index contributed by atoms with van der Waals surface area (Å²) in [5.74, 6) is 0.955. The Kier molecular flexibility index (Phi) is 7.33. The number of benzene rings is 1. The SMILES string of the molecule is CC(N)(C(=O)N1CCN(CC2CC2)CC1)c1ccccc1.Cl.Cl. The summed E-state index contributed by atoms with van der Waals surface area (Å²) in [6, 6.07) is 9.67. The number of halogens is 2. The summed E-state index contributed by atoms with van der Waals surface area (Å²) < 4.78 is 0. The van der Waals surface area contributed by atoms with Gasteiger partial charge in [-0.2, -0.15) is 0 Å². The molecule has 3 rings (SSSR count). The van der Waals surface area contributed by atoms with Gasteiger partial charge in [-0.25, -0.2) is 0 Å². The molecule has 1 amide bonds. The number of nitrogens with two attached hydrogens (primary N) is 1. The van der Waals surface area contributed by atoms with Crippen LogP contribution in [0.2, 0.25) is 0 Å². The van der Waals surface area contributed by atoms with Gasteiger partial charge in [0.05, 0.1) is 0 Å². The number of nitrogens with zero attached hydrogens (tertiary/aromatic N) is 2. The lowest BCUT2D eigenvalue weighted by atomic mass is 9.91. The fourth-order valence-electron chi connectivity index (χ4n) is 3.04. The largest absolute Gasteiger partial charge is 0.338 e. The maximum absolute atomic E-state index is 12.7. The molecule has 1 aromatic carbocycles. The molecule has 0 bridgehead atoms. The zero-order valence-corrected chi connectivity index (χ0v) is 15.2. The molecule has 4 nitrogen and oxygen atoms in total. The minimum Gasteiger partial charge on any atom is -0.338 e. The van der Waals surface area contributed by atoms with Crippen molar-refractivity contribution >= 4 is 30.7 Å². The highest BCUT2D eigenvalue weighted by Crippen LogP contribution is 2.30. The lowest BCUT2D eigenvalue weighted by molar-refractivity contribution is -0.138. The predicted octanol–water partition coefficient (Wildman–Crippen LogP) is 2.26. The van der Waals surface area contributed by atoms with E-state index in [1.165, 1.54) is 19.4 Å². The van der Waals surface area contributed by atoms with Gasteiger partial charge in [-0.1, -0.05) is 30.3 Å². The molecule has 2 fully saturated rings. The number of hydrogen-bond donors (Lipinski definition) is 1. The second kappa shape index (κ2) is 8.34. The number of piperazine rings is 1. The van der Waals surface area contributed by atoms with Crippen LogP contribution in [0, 0.1) is 5.92 Å².